The molecule has 2 aromatic heterocycles. The number of aromatic nitrogens is 4. The standard InChI is InChI=1S/C29H25F7N4O2/c1-15(41)24-8-5-18(13-37-24)27-39-38-26-12-25(23(14-40(26)27)17-3-6-22(30)7-4-17)42-16(2)19-9-20(28(31,32)33)11-21(10-19)29(34,35)36/h3-11,13,15-16,23,25,41H,12,14H2,1-2H3/t15?,16-,23-,25+/m1/s1. The first-order chi connectivity index (χ1) is 19.7. The fourth-order valence-electron chi connectivity index (χ4n) is 5.04. The summed E-state index contributed by atoms with van der Waals surface area (Å²) in [4.78, 5) is 4.25. The molecular weight excluding hydrogens is 569 g/mol. The lowest BCUT2D eigenvalue weighted by Crippen LogP contribution is -2.35. The Morgan fingerprint density at radius 3 is 2.10 bits per heavy atom. The van der Waals surface area contributed by atoms with Crippen molar-refractivity contribution in [2.45, 2.75) is 63.4 Å². The molecule has 0 spiro atoms. The lowest BCUT2D eigenvalue weighted by molar-refractivity contribution is -0.143. The van der Waals surface area contributed by atoms with Crippen LogP contribution in [-0.4, -0.2) is 31.0 Å². The zero-order chi connectivity index (χ0) is 30.4. The molecule has 4 aromatic rings. The van der Waals surface area contributed by atoms with Crippen LogP contribution in [0.5, 0.6) is 0 Å². The second-order valence-corrected chi connectivity index (χ2v) is 10.2. The Morgan fingerprint density at radius 2 is 1.55 bits per heavy atom. The number of hydrogen-bond donors (Lipinski definition) is 1. The number of pyridine rings is 1. The number of aliphatic hydroxyl groups is 1. The van der Waals surface area contributed by atoms with Gasteiger partial charge in [0.1, 0.15) is 11.6 Å². The van der Waals surface area contributed by atoms with Crippen molar-refractivity contribution >= 4 is 0 Å². The summed E-state index contributed by atoms with van der Waals surface area (Å²) in [7, 11) is 0. The van der Waals surface area contributed by atoms with Gasteiger partial charge >= 0.3 is 12.4 Å². The summed E-state index contributed by atoms with van der Waals surface area (Å²) in [6.45, 7) is 3.20. The van der Waals surface area contributed by atoms with Crippen molar-refractivity contribution in [2.24, 2.45) is 0 Å². The molecular formula is C29H25F7N4O2. The van der Waals surface area contributed by atoms with E-state index in [0.717, 1.165) is 0 Å². The Kier molecular flexibility index (Phi) is 7.84. The van der Waals surface area contributed by atoms with Gasteiger partial charge in [-0.3, -0.25) is 4.98 Å². The van der Waals surface area contributed by atoms with Crippen LogP contribution < -0.4 is 0 Å². The molecule has 6 nitrogen and oxygen atoms in total. The molecule has 3 heterocycles. The summed E-state index contributed by atoms with van der Waals surface area (Å²) in [6.07, 6.45) is -11.0. The smallest absolute Gasteiger partial charge is 0.387 e. The minimum atomic E-state index is -4.99. The van der Waals surface area contributed by atoms with Crippen LogP contribution in [0.4, 0.5) is 30.7 Å². The Morgan fingerprint density at radius 1 is 0.905 bits per heavy atom. The number of benzene rings is 2. The van der Waals surface area contributed by atoms with Gasteiger partial charge in [-0.25, -0.2) is 4.39 Å². The van der Waals surface area contributed by atoms with Gasteiger partial charge in [0, 0.05) is 30.6 Å². The van der Waals surface area contributed by atoms with Crippen LogP contribution in [-0.2, 0) is 30.1 Å². The fraction of sp³-hybridized carbons (Fsp3) is 0.345. The molecule has 0 amide bonds. The lowest BCUT2D eigenvalue weighted by Gasteiger charge is -2.35. The van der Waals surface area contributed by atoms with Crippen molar-refractivity contribution < 1.29 is 40.6 Å². The maximum Gasteiger partial charge on any atom is 0.416 e. The number of ether oxygens (including phenoxy) is 1. The van der Waals surface area contributed by atoms with Gasteiger partial charge in [-0.15, -0.1) is 10.2 Å². The van der Waals surface area contributed by atoms with Gasteiger partial charge in [0.05, 0.1) is 35.1 Å². The highest BCUT2D eigenvalue weighted by Crippen LogP contribution is 2.40. The van der Waals surface area contributed by atoms with Crippen LogP contribution in [0.1, 0.15) is 65.7 Å². The van der Waals surface area contributed by atoms with E-state index in [1.807, 2.05) is 4.57 Å². The minimum Gasteiger partial charge on any atom is -0.387 e. The van der Waals surface area contributed by atoms with Crippen LogP contribution in [0.3, 0.4) is 0 Å². The maximum absolute atomic E-state index is 13.7. The van der Waals surface area contributed by atoms with E-state index in [2.05, 4.69) is 15.2 Å². The SMILES string of the molecule is CC(O)c1ccc(-c2nnc3n2C[C@H](c2ccc(F)cc2)[C@@H](O[C@H](C)c2cc(C(F)(F)F)cc(C(F)(F)F)c2)C3)cn1. The molecule has 222 valence electrons. The van der Waals surface area contributed by atoms with Crippen LogP contribution in [0, 0.1) is 5.82 Å². The summed E-state index contributed by atoms with van der Waals surface area (Å²) in [5, 5.41) is 18.3. The fourth-order valence-corrected chi connectivity index (χ4v) is 5.04. The predicted octanol–water partition coefficient (Wildman–Crippen LogP) is 7.06. The highest BCUT2D eigenvalue weighted by atomic mass is 19.4. The first-order valence-electron chi connectivity index (χ1n) is 13.0. The van der Waals surface area contributed by atoms with Crippen molar-refractivity contribution in [3.8, 4) is 11.4 Å². The monoisotopic (exact) mass is 594 g/mol. The molecule has 4 atom stereocenters. The van der Waals surface area contributed by atoms with E-state index in [9.17, 15) is 35.8 Å². The Hall–Kier alpha value is -3.84. The summed E-state index contributed by atoms with van der Waals surface area (Å²) in [6, 6.07) is 10.4. The quantitative estimate of drug-likeness (QED) is 0.242. The molecule has 1 N–H and O–H groups in total. The van der Waals surface area contributed by atoms with E-state index in [4.69, 9.17) is 4.74 Å². The third-order valence-corrected chi connectivity index (χ3v) is 7.27. The molecule has 2 aromatic carbocycles. The summed E-state index contributed by atoms with van der Waals surface area (Å²) < 4.78 is 103. The molecule has 0 fully saturated rings. The van der Waals surface area contributed by atoms with Crippen molar-refractivity contribution in [1.82, 2.24) is 19.7 Å². The lowest BCUT2D eigenvalue weighted by atomic mass is 9.88. The molecule has 1 unspecified atom stereocenters. The van der Waals surface area contributed by atoms with E-state index in [1.165, 1.54) is 19.1 Å². The van der Waals surface area contributed by atoms with E-state index in [0.29, 0.717) is 40.6 Å². The van der Waals surface area contributed by atoms with Crippen molar-refractivity contribution in [2.75, 3.05) is 0 Å². The van der Waals surface area contributed by atoms with Gasteiger partial charge < -0.3 is 14.4 Å². The molecule has 5 rings (SSSR count). The Labute approximate surface area is 235 Å². The van der Waals surface area contributed by atoms with Gasteiger partial charge in [0.25, 0.3) is 0 Å². The predicted molar refractivity (Wildman–Crippen MR) is 136 cm³/mol. The average Bonchev–Trinajstić information content (AvgIpc) is 3.34. The van der Waals surface area contributed by atoms with Crippen molar-refractivity contribution in [3.05, 3.63) is 100 Å². The molecule has 0 bridgehead atoms. The highest BCUT2D eigenvalue weighted by Gasteiger charge is 2.39. The van der Waals surface area contributed by atoms with Gasteiger partial charge in [-0.2, -0.15) is 26.3 Å². The van der Waals surface area contributed by atoms with Crippen LogP contribution >= 0.6 is 0 Å². The number of fused-ring (bicyclic) bond motifs is 1. The number of nitrogens with zero attached hydrogens (tertiary/aromatic N) is 4. The summed E-state index contributed by atoms with van der Waals surface area (Å²) in [5.41, 5.74) is -1.41. The number of halogens is 7. The zero-order valence-electron chi connectivity index (χ0n) is 22.3. The van der Waals surface area contributed by atoms with E-state index in [1.54, 1.807) is 37.4 Å². The van der Waals surface area contributed by atoms with E-state index < -0.39 is 53.5 Å². The molecule has 1 aliphatic heterocycles. The molecule has 13 heteroatoms. The Bertz CT molecular complexity index is 1520. The Balaban J connectivity index is 1.50. The number of hydrogen-bond acceptors (Lipinski definition) is 5. The largest absolute Gasteiger partial charge is 0.416 e. The van der Waals surface area contributed by atoms with Crippen molar-refractivity contribution in [3.63, 3.8) is 0 Å². The second-order valence-electron chi connectivity index (χ2n) is 10.2. The normalized spacial score (nSPS) is 18.9. The molecule has 42 heavy (non-hydrogen) atoms. The topological polar surface area (TPSA) is 73.1 Å². The van der Waals surface area contributed by atoms with Gasteiger partial charge in [-0.05, 0) is 67.4 Å². The van der Waals surface area contributed by atoms with Gasteiger partial charge in [0.15, 0.2) is 5.82 Å². The van der Waals surface area contributed by atoms with E-state index >= 15 is 0 Å². The minimum absolute atomic E-state index is 0.0742. The molecule has 0 saturated carbocycles. The average molecular weight is 595 g/mol. The number of rotatable bonds is 6. The van der Waals surface area contributed by atoms with Crippen LogP contribution in [0.2, 0.25) is 0 Å². The zero-order valence-corrected chi connectivity index (χ0v) is 22.3. The summed E-state index contributed by atoms with van der Waals surface area (Å²) in [5.74, 6) is 0.00742. The van der Waals surface area contributed by atoms with Crippen LogP contribution in [0.25, 0.3) is 11.4 Å². The third kappa shape index (κ3) is 6.16. The van der Waals surface area contributed by atoms with Crippen molar-refractivity contribution in [1.29, 1.82) is 0 Å². The second kappa shape index (κ2) is 11.1. The first-order valence-corrected chi connectivity index (χ1v) is 13.0. The highest BCUT2D eigenvalue weighted by molar-refractivity contribution is 5.54. The summed E-state index contributed by atoms with van der Waals surface area (Å²) >= 11 is 0. The number of aliphatic hydroxyl groups excluding tert-OH is 1. The third-order valence-electron chi connectivity index (χ3n) is 7.27. The molecule has 0 aliphatic carbocycles. The van der Waals surface area contributed by atoms with Gasteiger partial charge in [-0.1, -0.05) is 12.1 Å². The first kappa shape index (κ1) is 29.6. The maximum atomic E-state index is 13.7. The molecule has 1 aliphatic rings. The van der Waals surface area contributed by atoms with Gasteiger partial charge in [0.2, 0.25) is 0 Å². The van der Waals surface area contributed by atoms with Crippen LogP contribution in [0.15, 0.2) is 60.8 Å². The molecule has 0 saturated heterocycles. The molecule has 0 radical (unpaired) electrons. The number of alkyl halides is 6. The van der Waals surface area contributed by atoms with E-state index in [-0.39, 0.29) is 24.6 Å².